The maximum atomic E-state index is 12.5. The van der Waals surface area contributed by atoms with Gasteiger partial charge in [-0.2, -0.15) is 0 Å². The largest absolute Gasteiger partial charge is 0.484 e. The van der Waals surface area contributed by atoms with Gasteiger partial charge in [-0.3, -0.25) is 14.4 Å². The second-order valence-electron chi connectivity index (χ2n) is 7.11. The van der Waals surface area contributed by atoms with Gasteiger partial charge in [0.05, 0.1) is 5.92 Å². The Morgan fingerprint density at radius 1 is 0.862 bits per heavy atom. The van der Waals surface area contributed by atoms with Crippen LogP contribution in [0.15, 0.2) is 54.6 Å². The second kappa shape index (κ2) is 9.73. The first-order valence-corrected chi connectivity index (χ1v) is 9.62. The molecule has 152 valence electrons. The van der Waals surface area contributed by atoms with E-state index >= 15 is 0 Å². The van der Waals surface area contributed by atoms with Crippen LogP contribution in [0.4, 0.5) is 11.4 Å². The molecule has 0 atom stereocenters. The highest BCUT2D eigenvalue weighted by atomic mass is 16.5. The molecule has 0 aliphatic heterocycles. The topological polar surface area (TPSA) is 105 Å². The number of rotatable bonds is 7. The van der Waals surface area contributed by atoms with Crippen molar-refractivity contribution in [2.45, 2.75) is 25.7 Å². The molecule has 0 unspecified atom stereocenters. The number of aliphatic carboxylic acids is 1. The molecule has 0 spiro atoms. The van der Waals surface area contributed by atoms with Gasteiger partial charge in [0.1, 0.15) is 5.75 Å². The Balaban J connectivity index is 1.48. The van der Waals surface area contributed by atoms with Crippen molar-refractivity contribution in [2.75, 3.05) is 17.2 Å². The zero-order valence-electron chi connectivity index (χ0n) is 16.0. The lowest BCUT2D eigenvalue weighted by molar-refractivity contribution is -0.143. The maximum Gasteiger partial charge on any atom is 0.306 e. The number of ether oxygens (including phenoxy) is 1. The molecule has 3 N–H and O–H groups in total. The van der Waals surface area contributed by atoms with E-state index in [0.717, 1.165) is 0 Å². The second-order valence-corrected chi connectivity index (χ2v) is 7.11. The van der Waals surface area contributed by atoms with E-state index in [1.165, 1.54) is 0 Å². The molecule has 0 bridgehead atoms. The van der Waals surface area contributed by atoms with E-state index in [1.807, 2.05) is 18.2 Å². The summed E-state index contributed by atoms with van der Waals surface area (Å²) in [4.78, 5) is 35.5. The quantitative estimate of drug-likeness (QED) is 0.664. The summed E-state index contributed by atoms with van der Waals surface area (Å²) < 4.78 is 5.52. The van der Waals surface area contributed by atoms with Crippen molar-refractivity contribution in [2.24, 2.45) is 11.8 Å². The minimum Gasteiger partial charge on any atom is -0.484 e. The summed E-state index contributed by atoms with van der Waals surface area (Å²) >= 11 is 0. The number of nitrogens with one attached hydrogen (secondary N) is 2. The molecule has 29 heavy (non-hydrogen) atoms. The Morgan fingerprint density at radius 2 is 1.52 bits per heavy atom. The third-order valence-electron chi connectivity index (χ3n) is 4.98. The van der Waals surface area contributed by atoms with Crippen LogP contribution in [-0.2, 0) is 14.4 Å². The van der Waals surface area contributed by atoms with E-state index in [4.69, 9.17) is 9.84 Å². The van der Waals surface area contributed by atoms with Crippen molar-refractivity contribution in [3.05, 3.63) is 54.6 Å². The number of hydrogen-bond donors (Lipinski definition) is 3. The molecule has 0 saturated heterocycles. The lowest BCUT2D eigenvalue weighted by atomic mass is 9.81. The first-order valence-electron chi connectivity index (χ1n) is 9.62. The van der Waals surface area contributed by atoms with Gasteiger partial charge in [0.15, 0.2) is 6.61 Å². The molecular formula is C22H24N2O5. The minimum absolute atomic E-state index is 0.118. The Bertz CT molecular complexity index is 861. The summed E-state index contributed by atoms with van der Waals surface area (Å²) in [5.41, 5.74) is 1.27. The number of para-hydroxylation sites is 1. The van der Waals surface area contributed by atoms with Gasteiger partial charge in [0.25, 0.3) is 5.91 Å². The van der Waals surface area contributed by atoms with Crippen molar-refractivity contribution in [1.82, 2.24) is 0 Å². The predicted octanol–water partition coefficient (Wildman–Crippen LogP) is 3.53. The fourth-order valence-corrected chi connectivity index (χ4v) is 3.38. The molecule has 0 radical (unpaired) electrons. The van der Waals surface area contributed by atoms with E-state index in [1.54, 1.807) is 36.4 Å². The zero-order chi connectivity index (χ0) is 20.6. The van der Waals surface area contributed by atoms with E-state index < -0.39 is 5.97 Å². The number of carboxylic acid groups (broad SMARTS) is 1. The number of hydrogen-bond acceptors (Lipinski definition) is 4. The van der Waals surface area contributed by atoms with Crippen molar-refractivity contribution in [3.63, 3.8) is 0 Å². The van der Waals surface area contributed by atoms with Gasteiger partial charge in [0, 0.05) is 23.4 Å². The van der Waals surface area contributed by atoms with E-state index in [0.29, 0.717) is 42.8 Å². The van der Waals surface area contributed by atoms with E-state index in [9.17, 15) is 14.4 Å². The molecule has 1 aliphatic carbocycles. The summed E-state index contributed by atoms with van der Waals surface area (Å²) in [5, 5.41) is 14.7. The first kappa shape index (κ1) is 20.4. The average Bonchev–Trinajstić information content (AvgIpc) is 2.73. The molecule has 2 aromatic carbocycles. The van der Waals surface area contributed by atoms with Gasteiger partial charge in [-0.15, -0.1) is 0 Å². The van der Waals surface area contributed by atoms with Crippen LogP contribution in [0.1, 0.15) is 25.7 Å². The van der Waals surface area contributed by atoms with E-state index in [2.05, 4.69) is 10.6 Å². The van der Waals surface area contributed by atoms with Crippen molar-refractivity contribution < 1.29 is 24.2 Å². The van der Waals surface area contributed by atoms with Gasteiger partial charge < -0.3 is 20.5 Å². The molecule has 3 rings (SSSR count). The summed E-state index contributed by atoms with van der Waals surface area (Å²) in [6.07, 6.45) is 2.18. The molecule has 2 aromatic rings. The molecule has 0 aromatic heterocycles. The third-order valence-corrected chi connectivity index (χ3v) is 4.98. The Hall–Kier alpha value is -3.35. The molecule has 0 heterocycles. The number of carboxylic acids is 1. The lowest BCUT2D eigenvalue weighted by Gasteiger charge is -2.25. The zero-order valence-corrected chi connectivity index (χ0v) is 16.0. The minimum atomic E-state index is -0.787. The third kappa shape index (κ3) is 6.07. The van der Waals surface area contributed by atoms with Crippen molar-refractivity contribution >= 4 is 29.2 Å². The molecule has 2 amide bonds. The summed E-state index contributed by atoms with van der Waals surface area (Å²) in [7, 11) is 0. The van der Waals surface area contributed by atoms with Crippen molar-refractivity contribution in [1.29, 1.82) is 0 Å². The molecule has 1 saturated carbocycles. The Morgan fingerprint density at radius 3 is 2.21 bits per heavy atom. The maximum absolute atomic E-state index is 12.5. The number of anilines is 2. The monoisotopic (exact) mass is 396 g/mol. The Kier molecular flexibility index (Phi) is 6.84. The SMILES string of the molecule is O=C(COc1cccc(NC(=O)C2CCC(C(=O)O)CC2)c1)Nc1ccccc1. The molecule has 7 nitrogen and oxygen atoms in total. The summed E-state index contributed by atoms with van der Waals surface area (Å²) in [6, 6.07) is 16.0. The highest BCUT2D eigenvalue weighted by molar-refractivity contribution is 5.93. The highest BCUT2D eigenvalue weighted by Gasteiger charge is 2.29. The fraction of sp³-hybridized carbons (Fsp3) is 0.318. The predicted molar refractivity (Wildman–Crippen MR) is 109 cm³/mol. The Labute approximate surface area is 169 Å². The summed E-state index contributed by atoms with van der Waals surface area (Å²) in [5.74, 6) is -1.25. The fourth-order valence-electron chi connectivity index (χ4n) is 3.38. The van der Waals surface area contributed by atoms with Crippen LogP contribution in [0.3, 0.4) is 0 Å². The van der Waals surface area contributed by atoms with Gasteiger partial charge >= 0.3 is 5.97 Å². The van der Waals surface area contributed by atoms with Gasteiger partial charge in [0.2, 0.25) is 5.91 Å². The normalized spacial score (nSPS) is 18.5. The number of carbonyl (C=O) groups is 3. The molecular weight excluding hydrogens is 372 g/mol. The van der Waals surface area contributed by atoms with Crippen LogP contribution >= 0.6 is 0 Å². The smallest absolute Gasteiger partial charge is 0.306 e. The lowest BCUT2D eigenvalue weighted by Crippen LogP contribution is -2.29. The van der Waals surface area contributed by atoms with Gasteiger partial charge in [-0.25, -0.2) is 0 Å². The molecule has 1 aliphatic rings. The summed E-state index contributed by atoms with van der Waals surface area (Å²) in [6.45, 7) is -0.147. The van der Waals surface area contributed by atoms with Crippen LogP contribution in [-0.4, -0.2) is 29.5 Å². The first-order chi connectivity index (χ1) is 14.0. The average molecular weight is 396 g/mol. The highest BCUT2D eigenvalue weighted by Crippen LogP contribution is 2.30. The van der Waals surface area contributed by atoms with Crippen LogP contribution < -0.4 is 15.4 Å². The molecule has 1 fully saturated rings. The van der Waals surface area contributed by atoms with Crippen molar-refractivity contribution in [3.8, 4) is 5.75 Å². The number of amides is 2. The number of carbonyl (C=O) groups excluding carboxylic acids is 2. The van der Waals surface area contributed by atoms with Crippen LogP contribution in [0.5, 0.6) is 5.75 Å². The van der Waals surface area contributed by atoms with Gasteiger partial charge in [-0.05, 0) is 49.9 Å². The number of benzene rings is 2. The van der Waals surface area contributed by atoms with Crippen LogP contribution in [0.25, 0.3) is 0 Å². The standard InChI is InChI=1S/C22H24N2O5/c25-20(23-17-5-2-1-3-6-17)14-29-19-8-4-7-18(13-19)24-21(26)15-9-11-16(12-10-15)22(27)28/h1-8,13,15-16H,9-12,14H2,(H,23,25)(H,24,26)(H,27,28). The van der Waals surface area contributed by atoms with Gasteiger partial charge in [-0.1, -0.05) is 24.3 Å². The van der Waals surface area contributed by atoms with E-state index in [-0.39, 0.29) is 30.3 Å². The van der Waals surface area contributed by atoms with Crippen LogP contribution in [0.2, 0.25) is 0 Å². The van der Waals surface area contributed by atoms with Crippen LogP contribution in [0, 0.1) is 11.8 Å². The molecule has 7 heteroatoms.